The van der Waals surface area contributed by atoms with Crippen LogP contribution in [0.2, 0.25) is 0 Å². The van der Waals surface area contributed by atoms with Crippen LogP contribution in [0.1, 0.15) is 21.6 Å². The highest BCUT2D eigenvalue weighted by Crippen LogP contribution is 2.23. The number of sulfonamides is 1. The molecule has 0 aliphatic heterocycles. The summed E-state index contributed by atoms with van der Waals surface area (Å²) < 4.78 is 28.5. The van der Waals surface area contributed by atoms with Crippen molar-refractivity contribution in [2.75, 3.05) is 0 Å². The Kier molecular flexibility index (Phi) is 5.21. The van der Waals surface area contributed by atoms with Crippen LogP contribution in [0.5, 0.6) is 0 Å². The van der Waals surface area contributed by atoms with Gasteiger partial charge in [-0.1, -0.05) is 6.07 Å². The lowest BCUT2D eigenvalue weighted by molar-refractivity contribution is 0.281. The lowest BCUT2D eigenvalue weighted by atomic mass is 10.1. The molecule has 0 unspecified atom stereocenters. The summed E-state index contributed by atoms with van der Waals surface area (Å²) in [6.45, 7) is 3.68. The van der Waals surface area contributed by atoms with Crippen LogP contribution in [0.15, 0.2) is 32.9 Å². The van der Waals surface area contributed by atoms with Gasteiger partial charge in [-0.05, 0) is 58.6 Å². The molecular formula is C14H16BrNO3S2. The van der Waals surface area contributed by atoms with E-state index in [1.165, 1.54) is 17.4 Å². The van der Waals surface area contributed by atoms with Crippen molar-refractivity contribution in [3.63, 3.8) is 0 Å². The third-order valence-corrected chi connectivity index (χ3v) is 6.43. The summed E-state index contributed by atoms with van der Waals surface area (Å²) in [4.78, 5) is 1.15. The Balaban J connectivity index is 2.29. The van der Waals surface area contributed by atoms with Crippen LogP contribution in [0.4, 0.5) is 0 Å². The van der Waals surface area contributed by atoms with Gasteiger partial charge in [0, 0.05) is 21.3 Å². The first-order chi connectivity index (χ1) is 9.83. The molecule has 0 atom stereocenters. The number of aryl methyl sites for hydroxylation is 1. The van der Waals surface area contributed by atoms with E-state index in [1.807, 2.05) is 18.4 Å². The molecule has 0 radical (unpaired) electrons. The second-order valence-electron chi connectivity index (χ2n) is 4.75. The fraction of sp³-hybridized carbons (Fsp3) is 0.286. The number of aliphatic hydroxyl groups is 1. The smallest absolute Gasteiger partial charge is 0.241 e. The standard InChI is InChI=1S/C14H16BrNO3S2/c1-9-3-11(7-17)4-14(10(9)2)21(18,19)16-6-13-5-12(15)8-20-13/h3-5,8,16-17H,6-7H2,1-2H3. The first-order valence-corrected chi connectivity index (χ1v) is 9.42. The van der Waals surface area contributed by atoms with Gasteiger partial charge in [-0.15, -0.1) is 11.3 Å². The van der Waals surface area contributed by atoms with Crippen molar-refractivity contribution in [2.45, 2.75) is 31.9 Å². The Bertz CT molecular complexity index is 754. The van der Waals surface area contributed by atoms with Gasteiger partial charge in [0.2, 0.25) is 10.0 Å². The van der Waals surface area contributed by atoms with Gasteiger partial charge >= 0.3 is 0 Å². The van der Waals surface area contributed by atoms with Crippen LogP contribution >= 0.6 is 27.3 Å². The molecule has 0 saturated heterocycles. The number of rotatable bonds is 5. The van der Waals surface area contributed by atoms with Gasteiger partial charge in [0.1, 0.15) is 0 Å². The highest BCUT2D eigenvalue weighted by atomic mass is 79.9. The Hall–Kier alpha value is -0.730. The number of benzene rings is 1. The Labute approximate surface area is 137 Å². The molecule has 0 bridgehead atoms. The number of halogens is 1. The molecule has 0 fully saturated rings. The molecule has 0 saturated carbocycles. The van der Waals surface area contributed by atoms with Crippen molar-refractivity contribution in [1.29, 1.82) is 0 Å². The minimum Gasteiger partial charge on any atom is -0.392 e. The molecule has 1 aromatic carbocycles. The number of hydrogen-bond acceptors (Lipinski definition) is 4. The van der Waals surface area contributed by atoms with Crippen LogP contribution in [-0.4, -0.2) is 13.5 Å². The van der Waals surface area contributed by atoms with Crippen LogP contribution in [0, 0.1) is 13.8 Å². The van der Waals surface area contributed by atoms with Gasteiger partial charge in [0.05, 0.1) is 11.5 Å². The second-order valence-corrected chi connectivity index (χ2v) is 8.40. The molecule has 1 aromatic heterocycles. The fourth-order valence-electron chi connectivity index (χ4n) is 1.96. The van der Waals surface area contributed by atoms with Gasteiger partial charge in [-0.3, -0.25) is 0 Å². The summed E-state index contributed by atoms with van der Waals surface area (Å²) in [6.07, 6.45) is 0. The SMILES string of the molecule is Cc1cc(CO)cc(S(=O)(=O)NCc2cc(Br)cs2)c1C. The summed E-state index contributed by atoms with van der Waals surface area (Å²) in [5.74, 6) is 0. The van der Waals surface area contributed by atoms with Crippen LogP contribution < -0.4 is 4.72 Å². The zero-order chi connectivity index (χ0) is 15.6. The quantitative estimate of drug-likeness (QED) is 0.825. The van der Waals surface area contributed by atoms with Crippen molar-refractivity contribution in [3.05, 3.63) is 49.6 Å². The van der Waals surface area contributed by atoms with E-state index in [4.69, 9.17) is 0 Å². The summed E-state index contributed by atoms with van der Waals surface area (Å²) in [5, 5.41) is 11.1. The molecule has 0 aliphatic rings. The number of hydrogen-bond donors (Lipinski definition) is 2. The van der Waals surface area contributed by atoms with E-state index >= 15 is 0 Å². The van der Waals surface area contributed by atoms with Crippen molar-refractivity contribution < 1.29 is 13.5 Å². The Morgan fingerprint density at radius 2 is 2.00 bits per heavy atom. The zero-order valence-corrected chi connectivity index (χ0v) is 14.9. The van der Waals surface area contributed by atoms with Gasteiger partial charge in [-0.25, -0.2) is 13.1 Å². The summed E-state index contributed by atoms with van der Waals surface area (Å²) in [7, 11) is -3.60. The van der Waals surface area contributed by atoms with E-state index in [0.717, 1.165) is 14.9 Å². The number of thiophene rings is 1. The largest absolute Gasteiger partial charge is 0.392 e. The van der Waals surface area contributed by atoms with E-state index in [9.17, 15) is 13.5 Å². The molecule has 2 rings (SSSR count). The first-order valence-electron chi connectivity index (χ1n) is 6.27. The van der Waals surface area contributed by atoms with E-state index in [-0.39, 0.29) is 18.0 Å². The summed E-state index contributed by atoms with van der Waals surface area (Å²) >= 11 is 4.83. The summed E-state index contributed by atoms with van der Waals surface area (Å²) in [6, 6.07) is 5.20. The lowest BCUT2D eigenvalue weighted by Crippen LogP contribution is -2.24. The molecule has 2 N–H and O–H groups in total. The highest BCUT2D eigenvalue weighted by Gasteiger charge is 2.19. The van der Waals surface area contributed by atoms with Crippen LogP contribution in [-0.2, 0) is 23.2 Å². The van der Waals surface area contributed by atoms with Crippen molar-refractivity contribution in [2.24, 2.45) is 0 Å². The molecule has 2 aromatic rings. The van der Waals surface area contributed by atoms with Gasteiger partial charge in [0.25, 0.3) is 0 Å². The van der Waals surface area contributed by atoms with Crippen molar-refractivity contribution in [3.8, 4) is 0 Å². The van der Waals surface area contributed by atoms with Gasteiger partial charge < -0.3 is 5.11 Å². The minimum absolute atomic E-state index is 0.179. The van der Waals surface area contributed by atoms with Crippen molar-refractivity contribution in [1.82, 2.24) is 4.72 Å². The molecule has 0 amide bonds. The van der Waals surface area contributed by atoms with E-state index in [1.54, 1.807) is 13.0 Å². The molecule has 1 heterocycles. The van der Waals surface area contributed by atoms with E-state index < -0.39 is 10.0 Å². The molecule has 21 heavy (non-hydrogen) atoms. The predicted molar refractivity (Wildman–Crippen MR) is 87.9 cm³/mol. The van der Waals surface area contributed by atoms with E-state index in [2.05, 4.69) is 20.7 Å². The zero-order valence-electron chi connectivity index (χ0n) is 11.7. The molecule has 0 spiro atoms. The molecular weight excluding hydrogens is 374 g/mol. The molecule has 0 aliphatic carbocycles. The highest BCUT2D eigenvalue weighted by molar-refractivity contribution is 9.10. The average molecular weight is 390 g/mol. The molecule has 7 heteroatoms. The van der Waals surface area contributed by atoms with Crippen molar-refractivity contribution >= 4 is 37.3 Å². The summed E-state index contributed by atoms with van der Waals surface area (Å²) in [5.41, 5.74) is 2.14. The second kappa shape index (κ2) is 6.58. The Morgan fingerprint density at radius 1 is 1.29 bits per heavy atom. The molecule has 114 valence electrons. The first kappa shape index (κ1) is 16.6. The minimum atomic E-state index is -3.60. The topological polar surface area (TPSA) is 66.4 Å². The van der Waals surface area contributed by atoms with Gasteiger partial charge in [-0.2, -0.15) is 0 Å². The molecule has 4 nitrogen and oxygen atoms in total. The normalized spacial score (nSPS) is 11.8. The third-order valence-electron chi connectivity index (χ3n) is 3.21. The number of aliphatic hydroxyl groups excluding tert-OH is 1. The monoisotopic (exact) mass is 389 g/mol. The maximum Gasteiger partial charge on any atom is 0.241 e. The number of nitrogens with one attached hydrogen (secondary N) is 1. The maximum atomic E-state index is 12.5. The third kappa shape index (κ3) is 3.92. The van der Waals surface area contributed by atoms with Crippen LogP contribution in [0.25, 0.3) is 0 Å². The predicted octanol–water partition coefficient (Wildman–Crippen LogP) is 3.10. The van der Waals surface area contributed by atoms with Crippen LogP contribution in [0.3, 0.4) is 0 Å². The van der Waals surface area contributed by atoms with E-state index in [0.29, 0.717) is 11.1 Å². The fourth-order valence-corrected chi connectivity index (χ4v) is 4.81. The lowest BCUT2D eigenvalue weighted by Gasteiger charge is -2.12. The average Bonchev–Trinajstić information content (AvgIpc) is 2.85. The Morgan fingerprint density at radius 3 is 2.57 bits per heavy atom. The maximum absolute atomic E-state index is 12.5. The van der Waals surface area contributed by atoms with Gasteiger partial charge in [0.15, 0.2) is 0 Å².